The van der Waals surface area contributed by atoms with Crippen LogP contribution in [0.25, 0.3) is 0 Å². The number of hydrogen-bond acceptors (Lipinski definition) is 5. The number of anilines is 1. The van der Waals surface area contributed by atoms with Gasteiger partial charge in [0.2, 0.25) is 15.9 Å². The lowest BCUT2D eigenvalue weighted by atomic mass is 10.1. The number of nitrogens with zero attached hydrogens (tertiary/aromatic N) is 2. The number of amides is 3. The Balaban J connectivity index is 1.62. The zero-order valence-electron chi connectivity index (χ0n) is 19.4. The second-order valence-corrected chi connectivity index (χ2v) is 11.4. The zero-order valence-corrected chi connectivity index (χ0v) is 22.4. The second-order valence-electron chi connectivity index (χ2n) is 8.57. The van der Waals surface area contributed by atoms with Crippen molar-refractivity contribution in [1.82, 2.24) is 4.90 Å². The summed E-state index contributed by atoms with van der Waals surface area (Å²) >= 11 is 2.14. The largest absolute Gasteiger partial charge is 0.326 e. The Bertz CT molecular complexity index is 1420. The highest BCUT2D eigenvalue weighted by atomic mass is 127. The maximum Gasteiger partial charge on any atom is 0.257 e. The van der Waals surface area contributed by atoms with Gasteiger partial charge in [0.1, 0.15) is 6.04 Å². The van der Waals surface area contributed by atoms with Crippen LogP contribution in [0.3, 0.4) is 0 Å². The molecule has 2 N–H and O–H groups in total. The second kappa shape index (κ2) is 10.5. The molecule has 1 fully saturated rings. The molecule has 0 aromatic heterocycles. The monoisotopic (exact) mass is 617 g/mol. The zero-order chi connectivity index (χ0) is 26.0. The summed E-state index contributed by atoms with van der Waals surface area (Å²) in [5, 5.41) is 5.17. The number of sulfonamides is 1. The number of rotatable bonds is 7. The van der Waals surface area contributed by atoms with Gasteiger partial charge in [0.15, 0.2) is 0 Å². The van der Waals surface area contributed by atoms with Gasteiger partial charge in [-0.25, -0.2) is 18.5 Å². The van der Waals surface area contributed by atoms with E-state index in [1.165, 1.54) is 17.0 Å². The number of halogens is 1. The molecule has 1 aliphatic rings. The van der Waals surface area contributed by atoms with Crippen molar-refractivity contribution in [2.24, 2.45) is 5.14 Å². The van der Waals surface area contributed by atoms with Gasteiger partial charge in [-0.3, -0.25) is 14.4 Å². The Hall–Kier alpha value is -3.09. The summed E-state index contributed by atoms with van der Waals surface area (Å²) in [4.78, 5) is 42.5. The molecule has 1 heterocycles. The van der Waals surface area contributed by atoms with Crippen LogP contribution in [0.1, 0.15) is 27.9 Å². The smallest absolute Gasteiger partial charge is 0.257 e. The minimum Gasteiger partial charge on any atom is -0.326 e. The Morgan fingerprint density at radius 1 is 1.06 bits per heavy atom. The van der Waals surface area contributed by atoms with Crippen LogP contribution in [-0.4, -0.2) is 43.6 Å². The standard InChI is InChI=1S/C26H24IN3O5S/c1-17-3-2-4-19(15-17)25(32)29(14-13-18-5-11-22(12-6-18)36(28,34)35)23-16-24(31)30(26(23)33)21-9-7-20(27)8-10-21/h2-12,15,23H,13-14,16H2,1H3,(H2,28,34,35). The van der Waals surface area contributed by atoms with E-state index in [0.717, 1.165) is 19.6 Å². The molecule has 0 radical (unpaired) electrons. The fourth-order valence-corrected chi connectivity index (χ4v) is 5.03. The number of imide groups is 1. The average molecular weight is 617 g/mol. The molecule has 1 atom stereocenters. The molecule has 36 heavy (non-hydrogen) atoms. The predicted octanol–water partition coefficient (Wildman–Crippen LogP) is 3.26. The predicted molar refractivity (Wildman–Crippen MR) is 144 cm³/mol. The van der Waals surface area contributed by atoms with Crippen LogP contribution in [0.15, 0.2) is 77.7 Å². The molecular weight excluding hydrogens is 593 g/mol. The number of benzene rings is 3. The van der Waals surface area contributed by atoms with E-state index >= 15 is 0 Å². The highest BCUT2D eigenvalue weighted by Crippen LogP contribution is 2.28. The molecule has 1 saturated heterocycles. The maximum absolute atomic E-state index is 13.6. The maximum atomic E-state index is 13.6. The minimum absolute atomic E-state index is 0.0105. The molecule has 4 rings (SSSR count). The van der Waals surface area contributed by atoms with E-state index in [2.05, 4.69) is 22.6 Å². The number of primary sulfonamides is 1. The van der Waals surface area contributed by atoms with Gasteiger partial charge in [-0.15, -0.1) is 0 Å². The molecule has 3 amide bonds. The molecule has 0 saturated carbocycles. The highest BCUT2D eigenvalue weighted by Gasteiger charge is 2.44. The van der Waals surface area contributed by atoms with Crippen LogP contribution in [0.5, 0.6) is 0 Å². The number of carbonyl (C=O) groups is 3. The summed E-state index contributed by atoms with van der Waals surface area (Å²) in [6.45, 7) is 2.03. The topological polar surface area (TPSA) is 118 Å². The Morgan fingerprint density at radius 3 is 2.33 bits per heavy atom. The molecule has 10 heteroatoms. The Labute approximate surface area is 223 Å². The number of hydrogen-bond donors (Lipinski definition) is 1. The van der Waals surface area contributed by atoms with Crippen molar-refractivity contribution in [3.63, 3.8) is 0 Å². The van der Waals surface area contributed by atoms with Crippen LogP contribution in [-0.2, 0) is 26.0 Å². The van der Waals surface area contributed by atoms with Gasteiger partial charge in [-0.2, -0.15) is 0 Å². The summed E-state index contributed by atoms with van der Waals surface area (Å²) in [5.41, 5.74) is 2.55. The van der Waals surface area contributed by atoms with E-state index in [1.54, 1.807) is 42.5 Å². The third-order valence-electron chi connectivity index (χ3n) is 6.00. The van der Waals surface area contributed by atoms with Gasteiger partial charge in [0.25, 0.3) is 11.8 Å². The molecule has 0 spiro atoms. The van der Waals surface area contributed by atoms with Crippen molar-refractivity contribution < 1.29 is 22.8 Å². The summed E-state index contributed by atoms with van der Waals surface area (Å²) in [7, 11) is -3.82. The third kappa shape index (κ3) is 5.66. The highest BCUT2D eigenvalue weighted by molar-refractivity contribution is 14.1. The first-order chi connectivity index (χ1) is 17.0. The van der Waals surface area contributed by atoms with Crippen molar-refractivity contribution in [3.8, 4) is 0 Å². The van der Waals surface area contributed by atoms with Gasteiger partial charge in [-0.1, -0.05) is 29.8 Å². The molecule has 8 nitrogen and oxygen atoms in total. The first-order valence-electron chi connectivity index (χ1n) is 11.2. The lowest BCUT2D eigenvalue weighted by molar-refractivity contribution is -0.122. The van der Waals surface area contributed by atoms with Crippen LogP contribution in [0, 0.1) is 10.5 Å². The van der Waals surface area contributed by atoms with E-state index in [-0.39, 0.29) is 29.7 Å². The number of aryl methyl sites for hydroxylation is 1. The quantitative estimate of drug-likeness (QED) is 0.323. The van der Waals surface area contributed by atoms with E-state index in [9.17, 15) is 22.8 Å². The van der Waals surface area contributed by atoms with Crippen LogP contribution < -0.4 is 10.0 Å². The molecule has 3 aromatic rings. The average Bonchev–Trinajstić information content (AvgIpc) is 3.13. The van der Waals surface area contributed by atoms with E-state index < -0.39 is 22.0 Å². The minimum atomic E-state index is -3.82. The fraction of sp³-hybridized carbons (Fsp3) is 0.192. The number of carbonyl (C=O) groups excluding carboxylic acids is 3. The molecule has 0 aliphatic carbocycles. The normalized spacial score (nSPS) is 15.9. The van der Waals surface area contributed by atoms with Gasteiger partial charge in [-0.05, 0) is 90.0 Å². The first kappa shape index (κ1) is 26.0. The first-order valence-corrected chi connectivity index (χ1v) is 13.8. The molecule has 186 valence electrons. The van der Waals surface area contributed by atoms with Crippen molar-refractivity contribution in [2.45, 2.75) is 30.7 Å². The summed E-state index contributed by atoms with van der Waals surface area (Å²) in [6.07, 6.45) is 0.233. The summed E-state index contributed by atoms with van der Waals surface area (Å²) in [6, 6.07) is 19.2. The molecule has 3 aromatic carbocycles. The molecule has 1 unspecified atom stereocenters. The molecule has 1 aliphatic heterocycles. The van der Waals surface area contributed by atoms with Gasteiger partial charge >= 0.3 is 0 Å². The lowest BCUT2D eigenvalue weighted by Gasteiger charge is -2.28. The van der Waals surface area contributed by atoms with E-state index in [0.29, 0.717) is 17.7 Å². The Morgan fingerprint density at radius 2 is 1.72 bits per heavy atom. The van der Waals surface area contributed by atoms with Gasteiger partial charge in [0, 0.05) is 15.7 Å². The van der Waals surface area contributed by atoms with Crippen LogP contribution in [0.2, 0.25) is 0 Å². The lowest BCUT2D eigenvalue weighted by Crippen LogP contribution is -2.46. The van der Waals surface area contributed by atoms with Crippen molar-refractivity contribution in [1.29, 1.82) is 0 Å². The van der Waals surface area contributed by atoms with Gasteiger partial charge in [0.05, 0.1) is 17.0 Å². The summed E-state index contributed by atoms with van der Waals surface area (Å²) in [5.74, 6) is -1.17. The van der Waals surface area contributed by atoms with E-state index in [1.807, 2.05) is 25.1 Å². The van der Waals surface area contributed by atoms with Gasteiger partial charge < -0.3 is 4.90 Å². The van der Waals surface area contributed by atoms with E-state index in [4.69, 9.17) is 5.14 Å². The third-order valence-corrected chi connectivity index (χ3v) is 7.65. The fourth-order valence-electron chi connectivity index (χ4n) is 4.16. The summed E-state index contributed by atoms with van der Waals surface area (Å²) < 4.78 is 24.1. The SMILES string of the molecule is Cc1cccc(C(=O)N(CCc2ccc(S(N)(=O)=O)cc2)C2CC(=O)N(c3ccc(I)cc3)C2=O)c1. The van der Waals surface area contributed by atoms with Crippen LogP contribution in [0.4, 0.5) is 5.69 Å². The number of nitrogens with two attached hydrogens (primary N) is 1. The van der Waals surface area contributed by atoms with Crippen LogP contribution >= 0.6 is 22.6 Å². The molecular formula is C26H24IN3O5S. The molecule has 0 bridgehead atoms. The van der Waals surface area contributed by atoms with Crippen molar-refractivity contribution in [2.75, 3.05) is 11.4 Å². The van der Waals surface area contributed by atoms with Crippen molar-refractivity contribution in [3.05, 3.63) is 93.1 Å². The van der Waals surface area contributed by atoms with Crippen molar-refractivity contribution >= 4 is 56.0 Å². The Kier molecular flexibility index (Phi) is 7.57.